The number of oxazole rings is 1. The zero-order valence-corrected chi connectivity index (χ0v) is 19.7. The molecule has 0 unspecified atom stereocenters. The summed E-state index contributed by atoms with van der Waals surface area (Å²) in [6.45, 7) is 3.95. The molecular formula is C26H28FN5O3. The number of carbonyl (C=O) groups excluding carboxylic acids is 1. The Morgan fingerprint density at radius 3 is 2.71 bits per heavy atom. The molecule has 8 nitrogen and oxygen atoms in total. The maximum absolute atomic E-state index is 14.6. The van der Waals surface area contributed by atoms with Crippen LogP contribution in [-0.4, -0.2) is 39.7 Å². The highest BCUT2D eigenvalue weighted by molar-refractivity contribution is 6.04. The zero-order valence-electron chi connectivity index (χ0n) is 19.7. The van der Waals surface area contributed by atoms with Gasteiger partial charge in [-0.2, -0.15) is 0 Å². The highest BCUT2D eigenvalue weighted by Crippen LogP contribution is 2.33. The van der Waals surface area contributed by atoms with Crippen LogP contribution in [0.2, 0.25) is 0 Å². The molecule has 1 aliphatic heterocycles. The van der Waals surface area contributed by atoms with Gasteiger partial charge in [-0.1, -0.05) is 30.3 Å². The van der Waals surface area contributed by atoms with E-state index in [-0.39, 0.29) is 29.0 Å². The fourth-order valence-corrected chi connectivity index (χ4v) is 4.16. The van der Waals surface area contributed by atoms with Gasteiger partial charge in [-0.25, -0.2) is 9.37 Å². The van der Waals surface area contributed by atoms with Crippen LogP contribution in [0.15, 0.2) is 59.2 Å². The third kappa shape index (κ3) is 5.30. The number of nitrogens with one attached hydrogen (secondary N) is 2. The largest absolute Gasteiger partial charge is 0.446 e. The molecule has 1 aromatic heterocycles. The molecule has 2 aromatic carbocycles. The topological polar surface area (TPSA) is 129 Å². The van der Waals surface area contributed by atoms with E-state index in [2.05, 4.69) is 4.98 Å². The van der Waals surface area contributed by atoms with Crippen molar-refractivity contribution in [3.8, 4) is 0 Å². The Labute approximate surface area is 202 Å². The average Bonchev–Trinajstić information content (AvgIpc) is 3.48. The Kier molecular flexibility index (Phi) is 6.79. The first-order chi connectivity index (χ1) is 16.7. The first-order valence-corrected chi connectivity index (χ1v) is 11.4. The van der Waals surface area contributed by atoms with Crippen LogP contribution in [0.3, 0.4) is 0 Å². The van der Waals surface area contributed by atoms with Crippen LogP contribution >= 0.6 is 0 Å². The van der Waals surface area contributed by atoms with Gasteiger partial charge in [-0.15, -0.1) is 0 Å². The SMILES string of the molecule is Cc1coc([C@H]2CCCN2C(=O)c2ccc(F)c(C(=N)OC(=N)[C@](C)(N)Cc3ccccc3)c2)n1. The third-order valence-electron chi connectivity index (χ3n) is 6.03. The number of aryl methyl sites for hydroxylation is 1. The number of benzene rings is 2. The van der Waals surface area contributed by atoms with E-state index in [4.69, 9.17) is 25.7 Å². The number of aromatic nitrogens is 1. The molecule has 0 bridgehead atoms. The van der Waals surface area contributed by atoms with E-state index in [0.717, 1.165) is 23.7 Å². The Balaban J connectivity index is 1.50. The summed E-state index contributed by atoms with van der Waals surface area (Å²) >= 11 is 0. The van der Waals surface area contributed by atoms with E-state index in [0.29, 0.717) is 25.3 Å². The standard InChI is InChI=1S/C26H28FN5O3/c1-16-15-34-23(31-16)21-9-6-12-32(21)24(33)18-10-11-20(27)19(13-18)22(28)35-25(29)26(2,30)14-17-7-4-3-5-8-17/h3-5,7-8,10-11,13,15,21,28-29H,6,9,12,14,30H2,1-2H3/t21-,26-/m1/s1. The normalized spacial score (nSPS) is 17.1. The van der Waals surface area contributed by atoms with Crippen LogP contribution < -0.4 is 5.73 Å². The quantitative estimate of drug-likeness (QED) is 0.358. The lowest BCUT2D eigenvalue weighted by atomic mass is 9.93. The number of likely N-dealkylation sites (tertiary alicyclic amines) is 1. The second-order valence-electron chi connectivity index (χ2n) is 9.02. The molecule has 0 radical (unpaired) electrons. The highest BCUT2D eigenvalue weighted by Gasteiger charge is 2.34. The molecule has 0 aliphatic carbocycles. The number of nitrogens with two attached hydrogens (primary N) is 1. The zero-order chi connectivity index (χ0) is 25.2. The summed E-state index contributed by atoms with van der Waals surface area (Å²) in [5.74, 6) is -1.54. The summed E-state index contributed by atoms with van der Waals surface area (Å²) in [6, 6.07) is 12.8. The van der Waals surface area contributed by atoms with Crippen molar-refractivity contribution in [2.75, 3.05) is 6.54 Å². The van der Waals surface area contributed by atoms with Crippen molar-refractivity contribution in [1.82, 2.24) is 9.88 Å². The van der Waals surface area contributed by atoms with Crippen LogP contribution in [0.1, 0.15) is 58.9 Å². The van der Waals surface area contributed by atoms with Crippen molar-refractivity contribution in [3.63, 3.8) is 0 Å². The smallest absolute Gasteiger partial charge is 0.254 e. The minimum atomic E-state index is -1.21. The van der Waals surface area contributed by atoms with E-state index >= 15 is 0 Å². The van der Waals surface area contributed by atoms with Crippen LogP contribution in [-0.2, 0) is 11.2 Å². The number of hydrogen-bond acceptors (Lipinski definition) is 7. The minimum Gasteiger partial charge on any atom is -0.446 e. The molecule has 1 saturated heterocycles. The van der Waals surface area contributed by atoms with Gasteiger partial charge >= 0.3 is 0 Å². The molecule has 3 aromatic rings. The molecule has 2 atom stereocenters. The second-order valence-corrected chi connectivity index (χ2v) is 9.02. The van der Waals surface area contributed by atoms with Crippen LogP contribution in [0, 0.1) is 23.6 Å². The fourth-order valence-electron chi connectivity index (χ4n) is 4.16. The third-order valence-corrected chi connectivity index (χ3v) is 6.03. The van der Waals surface area contributed by atoms with Crippen molar-refractivity contribution in [2.24, 2.45) is 5.73 Å². The van der Waals surface area contributed by atoms with Crippen LogP contribution in [0.5, 0.6) is 0 Å². The van der Waals surface area contributed by atoms with E-state index in [1.807, 2.05) is 37.3 Å². The van der Waals surface area contributed by atoms with Crippen molar-refractivity contribution in [2.45, 2.75) is 44.7 Å². The number of amides is 1. The van der Waals surface area contributed by atoms with Gasteiger partial charge in [0.2, 0.25) is 17.7 Å². The lowest BCUT2D eigenvalue weighted by Crippen LogP contribution is -2.48. The predicted molar refractivity (Wildman–Crippen MR) is 129 cm³/mol. The summed E-state index contributed by atoms with van der Waals surface area (Å²) in [5.41, 5.74) is 6.67. The summed E-state index contributed by atoms with van der Waals surface area (Å²) in [4.78, 5) is 19.3. The van der Waals surface area contributed by atoms with Gasteiger partial charge in [0.1, 0.15) is 18.1 Å². The summed E-state index contributed by atoms with van der Waals surface area (Å²) in [7, 11) is 0. The average molecular weight is 478 g/mol. The first kappa shape index (κ1) is 24.3. The van der Waals surface area contributed by atoms with Crippen molar-refractivity contribution >= 4 is 17.7 Å². The van der Waals surface area contributed by atoms with E-state index in [9.17, 15) is 9.18 Å². The molecule has 182 valence electrons. The maximum Gasteiger partial charge on any atom is 0.254 e. The first-order valence-electron chi connectivity index (χ1n) is 11.4. The number of nitrogens with zero attached hydrogens (tertiary/aromatic N) is 2. The number of halogens is 1. The van der Waals surface area contributed by atoms with Gasteiger partial charge in [0.15, 0.2) is 0 Å². The Morgan fingerprint density at radius 1 is 1.29 bits per heavy atom. The number of ether oxygens (including phenoxy) is 1. The monoisotopic (exact) mass is 477 g/mol. The maximum atomic E-state index is 14.6. The molecule has 0 spiro atoms. The van der Waals surface area contributed by atoms with E-state index in [1.54, 1.807) is 18.1 Å². The summed E-state index contributed by atoms with van der Waals surface area (Å²) < 4.78 is 25.5. The van der Waals surface area contributed by atoms with E-state index < -0.39 is 17.3 Å². The molecule has 4 N–H and O–H groups in total. The fraction of sp³-hybridized carbons (Fsp3) is 0.308. The van der Waals surface area contributed by atoms with Crippen molar-refractivity contribution in [3.05, 3.63) is 88.9 Å². The Bertz CT molecular complexity index is 1250. The minimum absolute atomic E-state index is 0.205. The lowest BCUT2D eigenvalue weighted by Gasteiger charge is -2.25. The number of rotatable bonds is 6. The molecule has 1 amide bonds. The Hall–Kier alpha value is -3.85. The molecule has 9 heteroatoms. The summed E-state index contributed by atoms with van der Waals surface area (Å²) in [6.07, 6.45) is 3.35. The van der Waals surface area contributed by atoms with Crippen LogP contribution in [0.25, 0.3) is 0 Å². The summed E-state index contributed by atoms with van der Waals surface area (Å²) in [5, 5.41) is 16.6. The van der Waals surface area contributed by atoms with E-state index in [1.165, 1.54) is 12.1 Å². The van der Waals surface area contributed by atoms with Gasteiger partial charge in [-0.05, 0) is 56.9 Å². The predicted octanol–water partition coefficient (Wildman–Crippen LogP) is 4.38. The second kappa shape index (κ2) is 9.79. The molecular weight excluding hydrogens is 449 g/mol. The molecule has 1 fully saturated rings. The lowest BCUT2D eigenvalue weighted by molar-refractivity contribution is 0.0715. The Morgan fingerprint density at radius 2 is 2.03 bits per heavy atom. The molecule has 0 saturated carbocycles. The molecule has 4 rings (SSSR count). The van der Waals surface area contributed by atoms with Gasteiger partial charge in [0.05, 0.1) is 16.8 Å². The molecule has 2 heterocycles. The van der Waals surface area contributed by atoms with Gasteiger partial charge < -0.3 is 19.8 Å². The van der Waals surface area contributed by atoms with Crippen LogP contribution in [0.4, 0.5) is 4.39 Å². The van der Waals surface area contributed by atoms with Gasteiger partial charge in [-0.3, -0.25) is 15.6 Å². The van der Waals surface area contributed by atoms with Gasteiger partial charge in [0.25, 0.3) is 5.91 Å². The number of carbonyl (C=O) groups is 1. The van der Waals surface area contributed by atoms with Crippen molar-refractivity contribution < 1.29 is 18.3 Å². The van der Waals surface area contributed by atoms with Crippen molar-refractivity contribution in [1.29, 1.82) is 10.8 Å². The molecule has 1 aliphatic rings. The van der Waals surface area contributed by atoms with Gasteiger partial charge in [0, 0.05) is 12.1 Å². The highest BCUT2D eigenvalue weighted by atomic mass is 19.1. The number of hydrogen-bond donors (Lipinski definition) is 3. The molecule has 35 heavy (non-hydrogen) atoms.